The zero-order chi connectivity index (χ0) is 22.5. The van der Waals surface area contributed by atoms with Crippen LogP contribution in [0.1, 0.15) is 16.0 Å². The van der Waals surface area contributed by atoms with Gasteiger partial charge in [-0.15, -0.1) is 11.3 Å². The zero-order valence-electron chi connectivity index (χ0n) is 17.2. The number of aromatic nitrogens is 1. The van der Waals surface area contributed by atoms with E-state index in [1.165, 1.54) is 35.6 Å². The van der Waals surface area contributed by atoms with E-state index < -0.39 is 4.92 Å². The number of nitro groups is 1. The molecular formula is C24H20FN3O3S. The van der Waals surface area contributed by atoms with Gasteiger partial charge in [-0.25, -0.2) is 9.37 Å². The van der Waals surface area contributed by atoms with E-state index in [2.05, 4.69) is 5.32 Å². The molecule has 8 heteroatoms. The second-order valence-corrected chi connectivity index (χ2v) is 8.18. The number of benzene rings is 3. The van der Waals surface area contributed by atoms with Crippen LogP contribution in [0.25, 0.3) is 11.3 Å². The van der Waals surface area contributed by atoms with Gasteiger partial charge >= 0.3 is 0 Å². The Kier molecular flexibility index (Phi) is 6.42. The van der Waals surface area contributed by atoms with Gasteiger partial charge in [0.2, 0.25) is 0 Å². The number of ether oxygens (including phenoxy) is 1. The van der Waals surface area contributed by atoms with Gasteiger partial charge in [0.05, 0.1) is 17.7 Å². The number of hydrogen-bond acceptors (Lipinski definition) is 6. The third kappa shape index (κ3) is 5.09. The minimum absolute atomic E-state index is 0.0649. The Hall–Kier alpha value is -3.78. The van der Waals surface area contributed by atoms with E-state index in [0.29, 0.717) is 13.0 Å². The van der Waals surface area contributed by atoms with Gasteiger partial charge in [-0.05, 0) is 47.5 Å². The molecule has 1 aromatic heterocycles. The van der Waals surface area contributed by atoms with Gasteiger partial charge in [-0.2, -0.15) is 0 Å². The van der Waals surface area contributed by atoms with E-state index in [1.54, 1.807) is 31.4 Å². The fourth-order valence-electron chi connectivity index (χ4n) is 3.22. The summed E-state index contributed by atoms with van der Waals surface area (Å²) in [4.78, 5) is 16.4. The van der Waals surface area contributed by atoms with Crippen molar-refractivity contribution in [2.75, 3.05) is 12.4 Å². The molecule has 0 saturated carbocycles. The largest absolute Gasteiger partial charge is 0.497 e. The van der Waals surface area contributed by atoms with Crippen molar-refractivity contribution in [1.29, 1.82) is 0 Å². The second kappa shape index (κ2) is 9.57. The Balaban J connectivity index is 1.61. The molecule has 0 radical (unpaired) electrons. The smallest absolute Gasteiger partial charge is 0.269 e. The number of halogens is 1. The number of anilines is 1. The van der Waals surface area contributed by atoms with Crippen molar-refractivity contribution in [3.63, 3.8) is 0 Å². The van der Waals surface area contributed by atoms with E-state index in [0.717, 1.165) is 38.1 Å². The van der Waals surface area contributed by atoms with E-state index >= 15 is 0 Å². The van der Waals surface area contributed by atoms with Crippen LogP contribution in [-0.2, 0) is 13.0 Å². The normalized spacial score (nSPS) is 10.7. The molecule has 0 amide bonds. The minimum atomic E-state index is -0.406. The quantitative estimate of drug-likeness (QED) is 0.261. The maximum atomic E-state index is 13.1. The lowest BCUT2D eigenvalue weighted by Gasteiger charge is -2.05. The monoisotopic (exact) mass is 449 g/mol. The number of nitrogens with zero attached hydrogens (tertiary/aromatic N) is 2. The van der Waals surface area contributed by atoms with E-state index in [9.17, 15) is 14.5 Å². The van der Waals surface area contributed by atoms with E-state index in [1.807, 2.05) is 24.3 Å². The molecule has 4 rings (SSSR count). The number of thiazole rings is 1. The first-order valence-electron chi connectivity index (χ1n) is 9.87. The van der Waals surface area contributed by atoms with Crippen LogP contribution in [0.2, 0.25) is 0 Å². The van der Waals surface area contributed by atoms with Gasteiger partial charge in [0.1, 0.15) is 11.6 Å². The lowest BCUT2D eigenvalue weighted by atomic mass is 10.1. The molecule has 0 fully saturated rings. The summed E-state index contributed by atoms with van der Waals surface area (Å²) in [7, 11) is 1.62. The van der Waals surface area contributed by atoms with Crippen molar-refractivity contribution < 1.29 is 14.1 Å². The van der Waals surface area contributed by atoms with Gasteiger partial charge in [0.25, 0.3) is 5.69 Å². The molecule has 0 saturated heterocycles. The van der Waals surface area contributed by atoms with Gasteiger partial charge < -0.3 is 10.1 Å². The molecule has 0 spiro atoms. The van der Waals surface area contributed by atoms with Crippen molar-refractivity contribution in [3.8, 4) is 17.0 Å². The Bertz CT molecular complexity index is 1210. The molecule has 0 unspecified atom stereocenters. The van der Waals surface area contributed by atoms with Crippen LogP contribution in [0.15, 0.2) is 72.8 Å². The molecule has 4 aromatic rings. The van der Waals surface area contributed by atoms with Crippen molar-refractivity contribution in [2.24, 2.45) is 0 Å². The Morgan fingerprint density at radius 1 is 1.00 bits per heavy atom. The third-order valence-corrected chi connectivity index (χ3v) is 5.94. The van der Waals surface area contributed by atoms with Gasteiger partial charge in [-0.3, -0.25) is 10.1 Å². The molecule has 0 aliphatic rings. The molecule has 0 aliphatic carbocycles. The van der Waals surface area contributed by atoms with Crippen LogP contribution in [0.4, 0.5) is 15.2 Å². The number of hydrogen-bond donors (Lipinski definition) is 1. The predicted octanol–water partition coefficient (Wildman–Crippen LogP) is 6.07. The van der Waals surface area contributed by atoms with Crippen molar-refractivity contribution >= 4 is 22.2 Å². The fraction of sp³-hybridized carbons (Fsp3) is 0.125. The fourth-order valence-corrected chi connectivity index (χ4v) is 4.24. The summed E-state index contributed by atoms with van der Waals surface area (Å²) in [6, 6.07) is 20.6. The van der Waals surface area contributed by atoms with Crippen molar-refractivity contribution in [2.45, 2.75) is 13.0 Å². The maximum Gasteiger partial charge on any atom is 0.269 e. The highest BCUT2D eigenvalue weighted by molar-refractivity contribution is 7.16. The number of nitrogens with one attached hydrogen (secondary N) is 1. The number of nitro benzene ring substituents is 1. The van der Waals surface area contributed by atoms with Crippen molar-refractivity contribution in [1.82, 2.24) is 4.98 Å². The highest BCUT2D eigenvalue weighted by atomic mass is 32.1. The summed E-state index contributed by atoms with van der Waals surface area (Å²) in [5, 5.41) is 15.0. The number of non-ortho nitro benzene ring substituents is 1. The first kappa shape index (κ1) is 21.5. The summed E-state index contributed by atoms with van der Waals surface area (Å²) in [6.45, 7) is 0.521. The second-order valence-electron chi connectivity index (χ2n) is 7.10. The highest BCUT2D eigenvalue weighted by Gasteiger charge is 2.15. The molecule has 32 heavy (non-hydrogen) atoms. The molecule has 0 bridgehead atoms. The van der Waals surface area contributed by atoms with Crippen LogP contribution in [0.5, 0.6) is 5.75 Å². The summed E-state index contributed by atoms with van der Waals surface area (Å²) in [5.74, 6) is 0.491. The summed E-state index contributed by atoms with van der Waals surface area (Å²) < 4.78 is 18.4. The Morgan fingerprint density at radius 2 is 1.66 bits per heavy atom. The lowest BCUT2D eigenvalue weighted by molar-refractivity contribution is -0.384. The molecule has 1 heterocycles. The van der Waals surface area contributed by atoms with Gasteiger partial charge in [-0.1, -0.05) is 24.3 Å². The van der Waals surface area contributed by atoms with Crippen LogP contribution >= 0.6 is 11.3 Å². The van der Waals surface area contributed by atoms with E-state index in [4.69, 9.17) is 9.72 Å². The summed E-state index contributed by atoms with van der Waals surface area (Å²) in [6.07, 6.45) is 0.593. The SMILES string of the molecule is COc1ccc(-c2nc(NCc3ccc(F)cc3)sc2Cc2ccc([N+](=O)[O-])cc2)cc1. The van der Waals surface area contributed by atoms with Gasteiger partial charge in [0, 0.05) is 35.5 Å². The Morgan fingerprint density at radius 3 is 2.28 bits per heavy atom. The average molecular weight is 450 g/mol. The highest BCUT2D eigenvalue weighted by Crippen LogP contribution is 2.34. The topological polar surface area (TPSA) is 77.3 Å². The van der Waals surface area contributed by atoms with Crippen LogP contribution < -0.4 is 10.1 Å². The molecule has 0 atom stereocenters. The summed E-state index contributed by atoms with van der Waals surface area (Å²) >= 11 is 1.53. The third-order valence-electron chi connectivity index (χ3n) is 4.93. The standard InChI is InChI=1S/C24H20FN3O3S/c1-31-21-12-6-18(7-13-21)23-22(14-16-4-10-20(11-5-16)28(29)30)32-24(27-23)26-15-17-2-8-19(25)9-3-17/h2-13H,14-15H2,1H3,(H,26,27). The van der Waals surface area contributed by atoms with Gasteiger partial charge in [0.15, 0.2) is 5.13 Å². The van der Waals surface area contributed by atoms with E-state index in [-0.39, 0.29) is 11.5 Å². The molecule has 6 nitrogen and oxygen atoms in total. The molecule has 1 N–H and O–H groups in total. The van der Waals surface area contributed by atoms with Crippen LogP contribution in [-0.4, -0.2) is 17.0 Å². The molecular weight excluding hydrogens is 429 g/mol. The first-order valence-corrected chi connectivity index (χ1v) is 10.7. The number of rotatable bonds is 8. The predicted molar refractivity (Wildman–Crippen MR) is 124 cm³/mol. The first-order chi connectivity index (χ1) is 15.5. The zero-order valence-corrected chi connectivity index (χ0v) is 18.1. The van der Waals surface area contributed by atoms with Crippen LogP contribution in [0.3, 0.4) is 0 Å². The summed E-state index contributed by atoms with van der Waals surface area (Å²) in [5.41, 5.74) is 3.77. The Labute approximate surface area is 188 Å². The molecule has 162 valence electrons. The lowest BCUT2D eigenvalue weighted by Crippen LogP contribution is -1.98. The molecule has 0 aliphatic heterocycles. The van der Waals surface area contributed by atoms with Crippen LogP contribution in [0, 0.1) is 15.9 Å². The average Bonchev–Trinajstić information content (AvgIpc) is 3.21. The molecule has 3 aromatic carbocycles. The number of methoxy groups -OCH3 is 1. The minimum Gasteiger partial charge on any atom is -0.497 e. The van der Waals surface area contributed by atoms with Crippen molar-refractivity contribution in [3.05, 3.63) is 105 Å². The maximum absolute atomic E-state index is 13.1.